The molecule has 0 aliphatic rings. The van der Waals surface area contributed by atoms with Gasteiger partial charge < -0.3 is 14.8 Å². The summed E-state index contributed by atoms with van der Waals surface area (Å²) in [5, 5.41) is 7.33. The maximum absolute atomic E-state index is 12.3. The number of thioether (sulfide) groups is 1. The van der Waals surface area contributed by atoms with Crippen LogP contribution in [-0.2, 0) is 4.79 Å². The topological polar surface area (TPSA) is 65.4 Å². The van der Waals surface area contributed by atoms with E-state index in [1.54, 1.807) is 37.1 Å². The number of carbonyl (C=O) groups is 1. The van der Waals surface area contributed by atoms with Gasteiger partial charge in [-0.2, -0.15) is 0 Å². The summed E-state index contributed by atoms with van der Waals surface area (Å²) in [6, 6.07) is 14.9. The molecule has 140 valence electrons. The number of nitrogens with zero attached hydrogens (tertiary/aromatic N) is 2. The van der Waals surface area contributed by atoms with E-state index >= 15 is 0 Å². The van der Waals surface area contributed by atoms with Crippen LogP contribution >= 0.6 is 35.3 Å². The third kappa shape index (κ3) is 4.88. The maximum Gasteiger partial charge on any atom is 0.234 e. The largest absolute Gasteiger partial charge is 0.497 e. The van der Waals surface area contributed by atoms with Crippen LogP contribution in [0.3, 0.4) is 0 Å². The fraction of sp³-hybridized carbons (Fsp3) is 0.167. The summed E-state index contributed by atoms with van der Waals surface area (Å²) < 4.78 is 13.5. The SMILES string of the molecule is COc1ccc(OC)c(NC(=O)CSc2nn(-c3ccccc3)c(=S)s2)c1. The lowest BCUT2D eigenvalue weighted by Gasteiger charge is -2.11. The number of nitrogens with one attached hydrogen (secondary N) is 1. The van der Waals surface area contributed by atoms with E-state index in [4.69, 9.17) is 21.7 Å². The lowest BCUT2D eigenvalue weighted by molar-refractivity contribution is -0.113. The molecule has 0 saturated heterocycles. The number of methoxy groups -OCH3 is 2. The van der Waals surface area contributed by atoms with E-state index in [0.717, 1.165) is 10.0 Å². The zero-order valence-electron chi connectivity index (χ0n) is 14.7. The van der Waals surface area contributed by atoms with Gasteiger partial charge in [-0.1, -0.05) is 41.3 Å². The number of ether oxygens (including phenoxy) is 2. The van der Waals surface area contributed by atoms with Gasteiger partial charge in [0, 0.05) is 6.07 Å². The first-order chi connectivity index (χ1) is 13.1. The van der Waals surface area contributed by atoms with Gasteiger partial charge in [-0.15, -0.1) is 5.10 Å². The van der Waals surface area contributed by atoms with Crippen LogP contribution in [-0.4, -0.2) is 35.7 Å². The number of rotatable bonds is 7. The van der Waals surface area contributed by atoms with Crippen molar-refractivity contribution < 1.29 is 14.3 Å². The molecule has 1 aromatic heterocycles. The van der Waals surface area contributed by atoms with Crippen LogP contribution in [0.5, 0.6) is 11.5 Å². The van der Waals surface area contributed by atoms with Crippen LogP contribution in [0.15, 0.2) is 52.9 Å². The monoisotopic (exact) mass is 419 g/mol. The first kappa shape index (κ1) is 19.4. The number of hydrogen-bond acceptors (Lipinski definition) is 7. The first-order valence-corrected chi connectivity index (χ1v) is 10.1. The zero-order valence-corrected chi connectivity index (χ0v) is 17.1. The van der Waals surface area contributed by atoms with Gasteiger partial charge in [0.05, 0.1) is 31.3 Å². The van der Waals surface area contributed by atoms with Crippen LogP contribution in [0.2, 0.25) is 0 Å². The zero-order chi connectivity index (χ0) is 19.2. The molecule has 0 fully saturated rings. The summed E-state index contributed by atoms with van der Waals surface area (Å²) in [5.41, 5.74) is 1.46. The highest BCUT2D eigenvalue weighted by Gasteiger charge is 2.12. The summed E-state index contributed by atoms with van der Waals surface area (Å²) in [5.74, 6) is 1.24. The van der Waals surface area contributed by atoms with Gasteiger partial charge in [-0.25, -0.2) is 4.68 Å². The van der Waals surface area contributed by atoms with E-state index in [1.165, 1.54) is 23.1 Å². The van der Waals surface area contributed by atoms with E-state index in [0.29, 0.717) is 21.1 Å². The Morgan fingerprint density at radius 2 is 2.00 bits per heavy atom. The first-order valence-electron chi connectivity index (χ1n) is 7.91. The van der Waals surface area contributed by atoms with Crippen molar-refractivity contribution in [2.24, 2.45) is 0 Å². The third-order valence-corrected chi connectivity index (χ3v) is 5.90. The van der Waals surface area contributed by atoms with Crippen molar-refractivity contribution in [3.8, 4) is 17.2 Å². The van der Waals surface area contributed by atoms with E-state index < -0.39 is 0 Å². The number of benzene rings is 2. The van der Waals surface area contributed by atoms with E-state index in [-0.39, 0.29) is 11.7 Å². The average Bonchev–Trinajstić information content (AvgIpc) is 3.07. The Labute approximate surface area is 170 Å². The van der Waals surface area contributed by atoms with Crippen LogP contribution in [0.1, 0.15) is 0 Å². The quantitative estimate of drug-likeness (QED) is 0.452. The van der Waals surface area contributed by atoms with Crippen molar-refractivity contribution in [2.75, 3.05) is 25.3 Å². The highest BCUT2D eigenvalue weighted by atomic mass is 32.2. The van der Waals surface area contributed by atoms with Crippen LogP contribution in [0, 0.1) is 3.95 Å². The Hall–Kier alpha value is -2.36. The Bertz CT molecular complexity index is 986. The predicted molar refractivity (Wildman–Crippen MR) is 111 cm³/mol. The minimum absolute atomic E-state index is 0.168. The molecule has 0 aliphatic heterocycles. The standard InChI is InChI=1S/C18H17N3O3S3/c1-23-13-8-9-15(24-2)14(10-13)19-16(22)11-26-17-20-21(18(25)27-17)12-6-4-3-5-7-12/h3-10H,11H2,1-2H3,(H,19,22). The van der Waals surface area contributed by atoms with Gasteiger partial charge >= 0.3 is 0 Å². The van der Waals surface area contributed by atoms with Crippen LogP contribution < -0.4 is 14.8 Å². The molecule has 3 rings (SSSR count). The number of aromatic nitrogens is 2. The molecule has 1 N–H and O–H groups in total. The second-order valence-electron chi connectivity index (χ2n) is 5.28. The van der Waals surface area contributed by atoms with Gasteiger partial charge in [0.15, 0.2) is 8.29 Å². The fourth-order valence-corrected chi connectivity index (χ4v) is 4.44. The number of para-hydroxylation sites is 1. The Kier molecular flexibility index (Phi) is 6.49. The van der Waals surface area contributed by atoms with Gasteiger partial charge in [-0.05, 0) is 36.5 Å². The van der Waals surface area contributed by atoms with Crippen molar-refractivity contribution in [3.05, 3.63) is 52.5 Å². The second kappa shape index (κ2) is 9.03. The third-order valence-electron chi connectivity index (χ3n) is 3.54. The Morgan fingerprint density at radius 3 is 2.70 bits per heavy atom. The molecule has 2 aromatic carbocycles. The molecule has 0 unspecified atom stereocenters. The maximum atomic E-state index is 12.3. The summed E-state index contributed by atoms with van der Waals surface area (Å²) in [6.45, 7) is 0. The molecule has 0 atom stereocenters. The smallest absolute Gasteiger partial charge is 0.234 e. The van der Waals surface area contributed by atoms with Crippen molar-refractivity contribution in [3.63, 3.8) is 0 Å². The molecule has 6 nitrogen and oxygen atoms in total. The van der Waals surface area contributed by atoms with Gasteiger partial charge in [-0.3, -0.25) is 4.79 Å². The minimum atomic E-state index is -0.168. The highest BCUT2D eigenvalue weighted by Crippen LogP contribution is 2.29. The summed E-state index contributed by atoms with van der Waals surface area (Å²) >= 11 is 8.09. The summed E-state index contributed by atoms with van der Waals surface area (Å²) in [7, 11) is 3.12. The van der Waals surface area contributed by atoms with Crippen LogP contribution in [0.25, 0.3) is 5.69 Å². The summed E-state index contributed by atoms with van der Waals surface area (Å²) in [4.78, 5) is 12.3. The van der Waals surface area contributed by atoms with Crippen molar-refractivity contribution in [1.82, 2.24) is 9.78 Å². The Morgan fingerprint density at radius 1 is 1.22 bits per heavy atom. The molecular weight excluding hydrogens is 402 g/mol. The predicted octanol–water partition coefficient (Wildman–Crippen LogP) is 4.41. The number of anilines is 1. The average molecular weight is 420 g/mol. The highest BCUT2D eigenvalue weighted by molar-refractivity contribution is 8.01. The fourth-order valence-electron chi connectivity index (χ4n) is 2.28. The molecule has 0 bridgehead atoms. The molecule has 1 heterocycles. The summed E-state index contributed by atoms with van der Waals surface area (Å²) in [6.07, 6.45) is 0. The number of hydrogen-bond donors (Lipinski definition) is 1. The number of amides is 1. The minimum Gasteiger partial charge on any atom is -0.497 e. The van der Waals surface area contributed by atoms with Crippen molar-refractivity contribution in [2.45, 2.75) is 4.34 Å². The Balaban J connectivity index is 1.66. The molecule has 1 amide bonds. The molecule has 27 heavy (non-hydrogen) atoms. The molecule has 3 aromatic rings. The number of carbonyl (C=O) groups excluding carboxylic acids is 1. The van der Waals surface area contributed by atoms with Crippen molar-refractivity contribution in [1.29, 1.82) is 0 Å². The molecular formula is C18H17N3O3S3. The van der Waals surface area contributed by atoms with E-state index in [1.807, 2.05) is 30.3 Å². The molecule has 0 radical (unpaired) electrons. The normalized spacial score (nSPS) is 10.4. The second-order valence-corrected chi connectivity index (χ2v) is 8.13. The lowest BCUT2D eigenvalue weighted by Crippen LogP contribution is -2.14. The van der Waals surface area contributed by atoms with Gasteiger partial charge in [0.25, 0.3) is 0 Å². The van der Waals surface area contributed by atoms with E-state index in [2.05, 4.69) is 10.4 Å². The van der Waals surface area contributed by atoms with Gasteiger partial charge in [0.2, 0.25) is 5.91 Å². The molecule has 0 aliphatic carbocycles. The van der Waals surface area contributed by atoms with Crippen LogP contribution in [0.4, 0.5) is 5.69 Å². The van der Waals surface area contributed by atoms with Gasteiger partial charge in [0.1, 0.15) is 11.5 Å². The van der Waals surface area contributed by atoms with Crippen molar-refractivity contribution >= 4 is 46.9 Å². The molecule has 9 heteroatoms. The van der Waals surface area contributed by atoms with E-state index in [9.17, 15) is 4.79 Å². The lowest BCUT2D eigenvalue weighted by atomic mass is 10.2. The molecule has 0 saturated carbocycles. The molecule has 0 spiro atoms.